The van der Waals surface area contributed by atoms with Gasteiger partial charge in [0.1, 0.15) is 0 Å². The van der Waals surface area contributed by atoms with Crippen molar-refractivity contribution in [1.82, 2.24) is 19.6 Å². The molecule has 0 aliphatic rings. The maximum atomic E-state index is 4.69. The highest BCUT2D eigenvalue weighted by Gasteiger charge is 2.10. The van der Waals surface area contributed by atoms with E-state index in [0.29, 0.717) is 6.54 Å². The summed E-state index contributed by atoms with van der Waals surface area (Å²) in [7, 11) is 1.93. The van der Waals surface area contributed by atoms with Gasteiger partial charge in [0, 0.05) is 25.2 Å². The van der Waals surface area contributed by atoms with Crippen molar-refractivity contribution in [2.45, 2.75) is 26.9 Å². The molecule has 5 heteroatoms. The van der Waals surface area contributed by atoms with Gasteiger partial charge in [-0.05, 0) is 19.9 Å². The number of para-hydroxylation sites is 1. The van der Waals surface area contributed by atoms with Crippen molar-refractivity contribution in [2.75, 3.05) is 5.32 Å². The molecule has 1 aromatic carbocycles. The number of nitrogens with one attached hydrogen (secondary N) is 1. The van der Waals surface area contributed by atoms with Gasteiger partial charge in [0.15, 0.2) is 0 Å². The summed E-state index contributed by atoms with van der Waals surface area (Å²) in [4.78, 5) is 0. The molecule has 1 N–H and O–H groups in total. The largest absolute Gasteiger partial charge is 0.377 e. The Morgan fingerprint density at radius 1 is 1.20 bits per heavy atom. The van der Waals surface area contributed by atoms with Crippen LogP contribution in [0.25, 0.3) is 10.9 Å². The molecule has 0 aliphatic heterocycles. The topological polar surface area (TPSA) is 47.7 Å². The molecular weight excluding hydrogens is 250 g/mol. The molecule has 0 aliphatic carbocycles. The lowest BCUT2D eigenvalue weighted by molar-refractivity contribution is 0.671. The molecule has 0 unspecified atom stereocenters. The van der Waals surface area contributed by atoms with Crippen molar-refractivity contribution >= 4 is 16.6 Å². The summed E-state index contributed by atoms with van der Waals surface area (Å²) in [6, 6.07) is 8.35. The van der Waals surface area contributed by atoms with E-state index in [1.807, 2.05) is 29.5 Å². The van der Waals surface area contributed by atoms with Crippen molar-refractivity contribution in [3.63, 3.8) is 0 Å². The van der Waals surface area contributed by atoms with Crippen LogP contribution < -0.4 is 5.32 Å². The van der Waals surface area contributed by atoms with Crippen molar-refractivity contribution in [3.05, 3.63) is 41.9 Å². The van der Waals surface area contributed by atoms with Gasteiger partial charge in [-0.1, -0.05) is 18.2 Å². The minimum atomic E-state index is 0.708. The average Bonchev–Trinajstić information content (AvgIpc) is 2.96. The number of hydrogen-bond acceptors (Lipinski definition) is 3. The highest BCUT2D eigenvalue weighted by atomic mass is 15.3. The Morgan fingerprint density at radius 3 is 2.70 bits per heavy atom. The van der Waals surface area contributed by atoms with E-state index in [1.165, 1.54) is 10.9 Å². The lowest BCUT2D eigenvalue weighted by Crippen LogP contribution is -2.02. The van der Waals surface area contributed by atoms with Crippen molar-refractivity contribution in [3.8, 4) is 0 Å². The maximum absolute atomic E-state index is 4.69. The highest BCUT2D eigenvalue weighted by molar-refractivity contribution is 5.82. The average molecular weight is 269 g/mol. The van der Waals surface area contributed by atoms with E-state index in [-0.39, 0.29) is 0 Å². The predicted octanol–water partition coefficient (Wildman–Crippen LogP) is 2.71. The third-order valence-electron chi connectivity index (χ3n) is 3.49. The van der Waals surface area contributed by atoms with Crippen LogP contribution in [0, 0.1) is 6.92 Å². The van der Waals surface area contributed by atoms with Gasteiger partial charge < -0.3 is 5.32 Å². The third kappa shape index (κ3) is 2.15. The number of fused-ring (bicyclic) bond motifs is 1. The molecule has 2 aromatic heterocycles. The summed E-state index contributed by atoms with van der Waals surface area (Å²) in [6.07, 6.45) is 1.99. The molecule has 0 radical (unpaired) electrons. The molecule has 0 saturated heterocycles. The fraction of sp³-hybridized carbons (Fsp3) is 0.333. The summed E-state index contributed by atoms with van der Waals surface area (Å²) in [5, 5.41) is 13.7. The van der Waals surface area contributed by atoms with Crippen LogP contribution in [0.2, 0.25) is 0 Å². The van der Waals surface area contributed by atoms with Gasteiger partial charge in [-0.3, -0.25) is 9.36 Å². The number of nitrogens with zero attached hydrogens (tertiary/aromatic N) is 4. The fourth-order valence-electron chi connectivity index (χ4n) is 2.52. The molecule has 0 saturated carbocycles. The predicted molar refractivity (Wildman–Crippen MR) is 80.7 cm³/mol. The van der Waals surface area contributed by atoms with E-state index in [2.05, 4.69) is 46.7 Å². The summed E-state index contributed by atoms with van der Waals surface area (Å²) < 4.78 is 3.86. The van der Waals surface area contributed by atoms with Crippen LogP contribution >= 0.6 is 0 Å². The van der Waals surface area contributed by atoms with Crippen LogP contribution in [-0.2, 0) is 20.1 Å². The van der Waals surface area contributed by atoms with E-state index in [1.54, 1.807) is 0 Å². The van der Waals surface area contributed by atoms with E-state index in [0.717, 1.165) is 23.6 Å². The first-order valence-corrected chi connectivity index (χ1v) is 6.87. The van der Waals surface area contributed by atoms with Crippen LogP contribution in [0.15, 0.2) is 30.5 Å². The SMILES string of the molecule is CCn1nc(CNc2cn(C)nc2C)c2ccccc21. The van der Waals surface area contributed by atoms with Crippen LogP contribution in [0.3, 0.4) is 0 Å². The Kier molecular flexibility index (Phi) is 3.18. The molecule has 0 bridgehead atoms. The molecule has 0 atom stereocenters. The van der Waals surface area contributed by atoms with Crippen LogP contribution in [0.1, 0.15) is 18.3 Å². The minimum Gasteiger partial charge on any atom is -0.377 e. The second-order valence-electron chi connectivity index (χ2n) is 4.94. The maximum Gasteiger partial charge on any atom is 0.0894 e. The van der Waals surface area contributed by atoms with Gasteiger partial charge in [-0.25, -0.2) is 0 Å². The normalized spacial score (nSPS) is 11.2. The van der Waals surface area contributed by atoms with Crippen LogP contribution in [0.5, 0.6) is 0 Å². The lowest BCUT2D eigenvalue weighted by Gasteiger charge is -2.02. The standard InChI is InChI=1S/C15H19N5/c1-4-20-15-8-6-5-7-12(15)13(18-20)9-16-14-10-19(3)17-11(14)2/h5-8,10,16H,4,9H2,1-3H3. The molecule has 5 nitrogen and oxygen atoms in total. The van der Waals surface area contributed by atoms with Gasteiger partial charge in [-0.2, -0.15) is 10.2 Å². The van der Waals surface area contributed by atoms with Crippen LogP contribution in [-0.4, -0.2) is 19.6 Å². The molecule has 0 fully saturated rings. The molecular formula is C15H19N5. The zero-order valence-electron chi connectivity index (χ0n) is 12.1. The second kappa shape index (κ2) is 5.00. The summed E-state index contributed by atoms with van der Waals surface area (Å²) in [5.74, 6) is 0. The fourth-order valence-corrected chi connectivity index (χ4v) is 2.52. The van der Waals surface area contributed by atoms with E-state index >= 15 is 0 Å². The van der Waals surface area contributed by atoms with E-state index in [4.69, 9.17) is 0 Å². The second-order valence-corrected chi connectivity index (χ2v) is 4.94. The number of aromatic nitrogens is 4. The summed E-state index contributed by atoms with van der Waals surface area (Å²) >= 11 is 0. The smallest absolute Gasteiger partial charge is 0.0894 e. The first-order valence-electron chi connectivity index (χ1n) is 6.87. The van der Waals surface area contributed by atoms with Crippen molar-refractivity contribution < 1.29 is 0 Å². The minimum absolute atomic E-state index is 0.708. The lowest BCUT2D eigenvalue weighted by atomic mass is 10.2. The van der Waals surface area contributed by atoms with Crippen molar-refractivity contribution in [2.24, 2.45) is 7.05 Å². The molecule has 0 amide bonds. The third-order valence-corrected chi connectivity index (χ3v) is 3.49. The number of hydrogen-bond donors (Lipinski definition) is 1. The van der Waals surface area contributed by atoms with Crippen LogP contribution in [0.4, 0.5) is 5.69 Å². The van der Waals surface area contributed by atoms with Gasteiger partial charge in [0.05, 0.1) is 29.1 Å². The monoisotopic (exact) mass is 269 g/mol. The molecule has 2 heterocycles. The van der Waals surface area contributed by atoms with E-state index in [9.17, 15) is 0 Å². The van der Waals surface area contributed by atoms with E-state index < -0.39 is 0 Å². The zero-order valence-corrected chi connectivity index (χ0v) is 12.1. The van der Waals surface area contributed by atoms with Crippen molar-refractivity contribution in [1.29, 1.82) is 0 Å². The number of anilines is 1. The summed E-state index contributed by atoms with van der Waals surface area (Å²) in [5.41, 5.74) is 4.33. The number of rotatable bonds is 4. The first kappa shape index (κ1) is 12.7. The highest BCUT2D eigenvalue weighted by Crippen LogP contribution is 2.20. The zero-order chi connectivity index (χ0) is 14.1. The van der Waals surface area contributed by atoms with Gasteiger partial charge in [0.2, 0.25) is 0 Å². The van der Waals surface area contributed by atoms with Gasteiger partial charge in [-0.15, -0.1) is 0 Å². The molecule has 104 valence electrons. The Bertz CT molecular complexity index is 738. The Hall–Kier alpha value is -2.30. The first-order chi connectivity index (χ1) is 9.69. The number of aryl methyl sites for hydroxylation is 3. The molecule has 20 heavy (non-hydrogen) atoms. The Morgan fingerprint density at radius 2 is 2.00 bits per heavy atom. The van der Waals surface area contributed by atoms with Gasteiger partial charge >= 0.3 is 0 Å². The quantitative estimate of drug-likeness (QED) is 0.792. The molecule has 0 spiro atoms. The molecule has 3 rings (SSSR count). The molecule has 3 aromatic rings. The Balaban J connectivity index is 1.89. The summed E-state index contributed by atoms with van der Waals surface area (Å²) in [6.45, 7) is 5.71. The van der Waals surface area contributed by atoms with Gasteiger partial charge in [0.25, 0.3) is 0 Å². The Labute approximate surface area is 118 Å². The number of benzene rings is 1.